The molecule has 142 valence electrons. The van der Waals surface area contributed by atoms with Crippen molar-refractivity contribution < 1.29 is 9.53 Å². The molecule has 0 aliphatic carbocycles. The molecule has 1 fully saturated rings. The lowest BCUT2D eigenvalue weighted by Gasteiger charge is -2.33. The zero-order chi connectivity index (χ0) is 18.7. The minimum atomic E-state index is -0.118. The number of nitrogens with zero attached hydrogens (tertiary/aromatic N) is 3. The van der Waals surface area contributed by atoms with Gasteiger partial charge in [-0.15, -0.1) is 0 Å². The quantitative estimate of drug-likeness (QED) is 0.843. The lowest BCUT2D eigenvalue weighted by molar-refractivity contribution is 0.0725. The van der Waals surface area contributed by atoms with Gasteiger partial charge in [-0.2, -0.15) is 0 Å². The number of fused-ring (bicyclic) bond motifs is 1. The Balaban J connectivity index is 1.65. The molecular weight excluding hydrogens is 332 g/mol. The van der Waals surface area contributed by atoms with Gasteiger partial charge in [0.2, 0.25) is 0 Å². The molecular formula is C19H28N4O3. The van der Waals surface area contributed by atoms with E-state index in [4.69, 9.17) is 4.74 Å². The maximum absolute atomic E-state index is 13.0. The summed E-state index contributed by atoms with van der Waals surface area (Å²) in [6.45, 7) is 4.59. The summed E-state index contributed by atoms with van der Waals surface area (Å²) in [6, 6.07) is 1.80. The Morgan fingerprint density at radius 1 is 1.38 bits per heavy atom. The summed E-state index contributed by atoms with van der Waals surface area (Å²) in [4.78, 5) is 32.3. The van der Waals surface area contributed by atoms with Gasteiger partial charge >= 0.3 is 0 Å². The molecule has 1 aliphatic heterocycles. The molecule has 3 rings (SSSR count). The number of ether oxygens (including phenoxy) is 1. The molecule has 0 atom stereocenters. The van der Waals surface area contributed by atoms with Crippen molar-refractivity contribution in [2.45, 2.75) is 12.8 Å². The van der Waals surface area contributed by atoms with Gasteiger partial charge < -0.3 is 24.1 Å². The molecule has 1 amide bonds. The second-order valence-corrected chi connectivity index (χ2v) is 7.19. The lowest BCUT2D eigenvalue weighted by Crippen LogP contribution is -2.40. The lowest BCUT2D eigenvalue weighted by atomic mass is 9.96. The van der Waals surface area contributed by atoms with Gasteiger partial charge in [-0.25, -0.2) is 0 Å². The van der Waals surface area contributed by atoms with Gasteiger partial charge in [0.05, 0.1) is 12.2 Å². The average molecular weight is 360 g/mol. The van der Waals surface area contributed by atoms with Crippen molar-refractivity contribution in [1.29, 1.82) is 0 Å². The van der Waals surface area contributed by atoms with Crippen LogP contribution in [0.4, 0.5) is 0 Å². The van der Waals surface area contributed by atoms with E-state index in [-0.39, 0.29) is 11.5 Å². The number of aromatic amines is 1. The zero-order valence-corrected chi connectivity index (χ0v) is 15.8. The first-order chi connectivity index (χ1) is 12.5. The van der Waals surface area contributed by atoms with Crippen LogP contribution in [0.1, 0.15) is 23.2 Å². The molecule has 0 aromatic carbocycles. The van der Waals surface area contributed by atoms with Crippen LogP contribution < -0.4 is 5.56 Å². The Hall–Kier alpha value is -2.12. The van der Waals surface area contributed by atoms with Crippen molar-refractivity contribution in [1.82, 2.24) is 19.4 Å². The fraction of sp³-hybridized carbons (Fsp3) is 0.579. The molecule has 1 aliphatic rings. The van der Waals surface area contributed by atoms with Crippen LogP contribution in [-0.2, 0) is 11.8 Å². The second-order valence-electron chi connectivity index (χ2n) is 7.19. The molecule has 3 heterocycles. The Labute approximate surface area is 153 Å². The molecule has 1 N–H and O–H groups in total. The topological polar surface area (TPSA) is 70.6 Å². The Morgan fingerprint density at radius 3 is 2.81 bits per heavy atom. The van der Waals surface area contributed by atoms with Crippen molar-refractivity contribution in [3.8, 4) is 0 Å². The predicted octanol–water partition coefficient (Wildman–Crippen LogP) is 1.30. The minimum Gasteiger partial charge on any atom is -0.383 e. The fourth-order valence-corrected chi connectivity index (χ4v) is 3.73. The number of piperidine rings is 1. The van der Waals surface area contributed by atoms with Crippen LogP contribution in [-0.4, -0.2) is 72.2 Å². The second kappa shape index (κ2) is 8.05. The van der Waals surface area contributed by atoms with E-state index < -0.39 is 0 Å². The Kier molecular flexibility index (Phi) is 5.78. The largest absolute Gasteiger partial charge is 0.383 e. The fourth-order valence-electron chi connectivity index (χ4n) is 3.73. The smallest absolute Gasteiger partial charge is 0.274 e. The highest BCUT2D eigenvalue weighted by Gasteiger charge is 2.24. The van der Waals surface area contributed by atoms with Gasteiger partial charge in [0.25, 0.3) is 11.5 Å². The number of amides is 1. The third-order valence-electron chi connectivity index (χ3n) is 5.32. The summed E-state index contributed by atoms with van der Waals surface area (Å²) in [5.41, 5.74) is 0.939. The SMILES string of the molecule is COCCN1CCC(CN(C)C(=O)c2cn(C)c(=O)c3[nH]ccc23)CC1. The van der Waals surface area contributed by atoms with Crippen molar-refractivity contribution in [2.24, 2.45) is 13.0 Å². The van der Waals surface area contributed by atoms with Gasteiger partial charge in [-0.05, 0) is 37.9 Å². The van der Waals surface area contributed by atoms with E-state index in [1.807, 2.05) is 7.05 Å². The zero-order valence-electron chi connectivity index (χ0n) is 15.8. The van der Waals surface area contributed by atoms with Crippen molar-refractivity contribution in [3.63, 3.8) is 0 Å². The van der Waals surface area contributed by atoms with E-state index >= 15 is 0 Å². The molecule has 0 unspecified atom stereocenters. The third-order valence-corrected chi connectivity index (χ3v) is 5.32. The predicted molar refractivity (Wildman–Crippen MR) is 102 cm³/mol. The molecule has 7 nitrogen and oxygen atoms in total. The van der Waals surface area contributed by atoms with Crippen molar-refractivity contribution in [2.75, 3.05) is 46.9 Å². The first kappa shape index (κ1) is 18.7. The number of nitrogens with one attached hydrogen (secondary N) is 1. The van der Waals surface area contributed by atoms with Crippen LogP contribution in [0.15, 0.2) is 23.3 Å². The maximum Gasteiger partial charge on any atom is 0.274 e. The van der Waals surface area contributed by atoms with Crippen LogP contribution in [0.2, 0.25) is 0 Å². The number of pyridine rings is 1. The number of hydrogen-bond acceptors (Lipinski definition) is 4. The maximum atomic E-state index is 13.0. The molecule has 1 saturated heterocycles. The highest BCUT2D eigenvalue weighted by Crippen LogP contribution is 2.20. The summed E-state index contributed by atoms with van der Waals surface area (Å²) in [5.74, 6) is 0.476. The van der Waals surface area contributed by atoms with Crippen molar-refractivity contribution in [3.05, 3.63) is 34.4 Å². The van der Waals surface area contributed by atoms with Gasteiger partial charge in [0.1, 0.15) is 5.52 Å². The number of carbonyl (C=O) groups excluding carboxylic acids is 1. The van der Waals surface area contributed by atoms with E-state index in [1.54, 1.807) is 37.5 Å². The van der Waals surface area contributed by atoms with Gasteiger partial charge in [0, 0.05) is 52.1 Å². The Bertz CT molecular complexity index is 818. The summed E-state index contributed by atoms with van der Waals surface area (Å²) >= 11 is 0. The monoisotopic (exact) mass is 360 g/mol. The van der Waals surface area contributed by atoms with Crippen LogP contribution in [0.5, 0.6) is 0 Å². The highest BCUT2D eigenvalue weighted by atomic mass is 16.5. The molecule has 0 spiro atoms. The third kappa shape index (κ3) is 3.83. The van der Waals surface area contributed by atoms with E-state index in [9.17, 15) is 9.59 Å². The van der Waals surface area contributed by atoms with Crippen LogP contribution in [0, 0.1) is 5.92 Å². The number of aryl methyl sites for hydroxylation is 1. The van der Waals surface area contributed by atoms with Gasteiger partial charge in [-0.3, -0.25) is 9.59 Å². The number of carbonyl (C=O) groups is 1. The normalized spacial score (nSPS) is 16.3. The first-order valence-electron chi connectivity index (χ1n) is 9.14. The van der Waals surface area contributed by atoms with E-state index in [0.717, 1.165) is 45.6 Å². The molecule has 0 radical (unpaired) electrons. The number of hydrogen-bond donors (Lipinski definition) is 1. The van der Waals surface area contributed by atoms with E-state index in [0.29, 0.717) is 22.4 Å². The average Bonchev–Trinajstić information content (AvgIpc) is 3.13. The molecule has 2 aromatic heterocycles. The van der Waals surface area contributed by atoms with Gasteiger partial charge in [0.15, 0.2) is 0 Å². The first-order valence-corrected chi connectivity index (χ1v) is 9.14. The van der Waals surface area contributed by atoms with E-state index in [2.05, 4.69) is 9.88 Å². The number of aromatic nitrogens is 2. The summed E-state index contributed by atoms with van der Waals surface area (Å²) < 4.78 is 6.61. The molecule has 7 heteroatoms. The van der Waals surface area contributed by atoms with Crippen molar-refractivity contribution >= 4 is 16.8 Å². The number of likely N-dealkylation sites (tertiary alicyclic amines) is 1. The number of rotatable bonds is 6. The van der Waals surface area contributed by atoms with Gasteiger partial charge in [-0.1, -0.05) is 0 Å². The summed E-state index contributed by atoms with van der Waals surface area (Å²) in [5, 5.41) is 0.694. The summed E-state index contributed by atoms with van der Waals surface area (Å²) in [7, 11) is 5.26. The molecule has 2 aromatic rings. The van der Waals surface area contributed by atoms with E-state index in [1.165, 1.54) is 4.57 Å². The molecule has 0 bridgehead atoms. The number of H-pyrrole nitrogens is 1. The minimum absolute atomic E-state index is 0.0352. The van der Waals surface area contributed by atoms with Crippen LogP contribution in [0.3, 0.4) is 0 Å². The molecule has 26 heavy (non-hydrogen) atoms. The molecule has 0 saturated carbocycles. The number of methoxy groups -OCH3 is 1. The highest BCUT2D eigenvalue weighted by molar-refractivity contribution is 6.05. The Morgan fingerprint density at radius 2 is 2.12 bits per heavy atom. The standard InChI is InChI=1S/C19H28N4O3/c1-21(12-14-5-8-23(9-6-14)10-11-26-3)18(24)16-13-22(2)19(25)17-15(16)4-7-20-17/h4,7,13-14,20H,5-6,8-12H2,1-3H3. The summed E-state index contributed by atoms with van der Waals surface area (Å²) in [6.07, 6.45) is 5.53. The van der Waals surface area contributed by atoms with Crippen LogP contribution >= 0.6 is 0 Å². The van der Waals surface area contributed by atoms with Crippen LogP contribution in [0.25, 0.3) is 10.9 Å².